The third-order valence-electron chi connectivity index (χ3n) is 3.58. The van der Waals surface area contributed by atoms with E-state index in [1.54, 1.807) is 6.08 Å². The number of rotatable bonds is 5. The van der Waals surface area contributed by atoms with Gasteiger partial charge in [0.05, 0.1) is 21.3 Å². The van der Waals surface area contributed by atoms with Gasteiger partial charge in [0.2, 0.25) is 5.91 Å². The van der Waals surface area contributed by atoms with Crippen LogP contribution < -0.4 is 5.32 Å². The molecular weight excluding hydrogens is 361 g/mol. The average molecular weight is 378 g/mol. The largest absolute Gasteiger partial charge is 0.478 e. The first-order valence-electron chi connectivity index (χ1n) is 7.59. The number of carbonyl (C=O) groups excluding carboxylic acids is 1. The molecule has 0 radical (unpaired) electrons. The van der Waals surface area contributed by atoms with Gasteiger partial charge in [0, 0.05) is 6.08 Å². The SMILES string of the molecule is CC(C)c1ccc(/C=C/C(=O)Nc2cc(C(=O)O)c(Cl)cc2Cl)cc1. The molecule has 6 heteroatoms. The number of hydrogen-bond donors (Lipinski definition) is 2. The number of carboxylic acid groups (broad SMARTS) is 1. The molecule has 0 aliphatic heterocycles. The van der Waals surface area contributed by atoms with Gasteiger partial charge in [-0.1, -0.05) is 61.3 Å². The molecule has 0 aromatic heterocycles. The van der Waals surface area contributed by atoms with E-state index in [0.29, 0.717) is 5.92 Å². The van der Waals surface area contributed by atoms with E-state index in [2.05, 4.69) is 19.2 Å². The van der Waals surface area contributed by atoms with Gasteiger partial charge in [0.15, 0.2) is 0 Å². The van der Waals surface area contributed by atoms with Crippen molar-refractivity contribution in [1.29, 1.82) is 0 Å². The minimum atomic E-state index is -1.20. The van der Waals surface area contributed by atoms with Gasteiger partial charge < -0.3 is 10.4 Å². The van der Waals surface area contributed by atoms with Crippen LogP contribution in [0.1, 0.15) is 41.3 Å². The zero-order valence-corrected chi connectivity index (χ0v) is 15.2. The Morgan fingerprint density at radius 2 is 1.72 bits per heavy atom. The molecule has 0 bridgehead atoms. The number of anilines is 1. The van der Waals surface area contributed by atoms with Gasteiger partial charge in [-0.05, 0) is 35.3 Å². The molecule has 0 saturated heterocycles. The summed E-state index contributed by atoms with van der Waals surface area (Å²) in [7, 11) is 0. The van der Waals surface area contributed by atoms with Crippen LogP contribution in [0.15, 0.2) is 42.5 Å². The average Bonchev–Trinajstić information content (AvgIpc) is 2.55. The number of carbonyl (C=O) groups is 2. The van der Waals surface area contributed by atoms with Crippen LogP contribution in [0, 0.1) is 0 Å². The van der Waals surface area contributed by atoms with Crippen molar-refractivity contribution >= 4 is 46.8 Å². The Hall–Kier alpha value is -2.30. The van der Waals surface area contributed by atoms with Crippen LogP contribution in [0.5, 0.6) is 0 Å². The van der Waals surface area contributed by atoms with Crippen LogP contribution in [0.3, 0.4) is 0 Å². The van der Waals surface area contributed by atoms with E-state index in [4.69, 9.17) is 28.3 Å². The third-order valence-corrected chi connectivity index (χ3v) is 4.20. The molecule has 0 heterocycles. The molecule has 4 nitrogen and oxygen atoms in total. The first kappa shape index (κ1) is 19.0. The second-order valence-electron chi connectivity index (χ2n) is 5.76. The van der Waals surface area contributed by atoms with Gasteiger partial charge in [-0.15, -0.1) is 0 Å². The number of benzene rings is 2. The maximum atomic E-state index is 12.0. The van der Waals surface area contributed by atoms with E-state index in [1.807, 2.05) is 24.3 Å². The fraction of sp³-hybridized carbons (Fsp3) is 0.158. The van der Waals surface area contributed by atoms with Crippen molar-refractivity contribution in [2.45, 2.75) is 19.8 Å². The molecule has 0 spiro atoms. The Morgan fingerprint density at radius 3 is 2.28 bits per heavy atom. The fourth-order valence-corrected chi connectivity index (χ4v) is 2.66. The highest BCUT2D eigenvalue weighted by Gasteiger charge is 2.13. The van der Waals surface area contributed by atoms with Gasteiger partial charge in [-0.3, -0.25) is 4.79 Å². The molecule has 1 amide bonds. The molecule has 0 atom stereocenters. The van der Waals surface area contributed by atoms with Gasteiger partial charge in [0.1, 0.15) is 0 Å². The fourth-order valence-electron chi connectivity index (χ4n) is 2.15. The van der Waals surface area contributed by atoms with Crippen LogP contribution in [-0.4, -0.2) is 17.0 Å². The van der Waals surface area contributed by atoms with Gasteiger partial charge in [-0.25, -0.2) is 4.79 Å². The molecular formula is C19H17Cl2NO3. The Balaban J connectivity index is 2.12. The molecule has 0 unspecified atom stereocenters. The summed E-state index contributed by atoms with van der Waals surface area (Å²) in [4.78, 5) is 23.1. The minimum Gasteiger partial charge on any atom is -0.478 e. The van der Waals surface area contributed by atoms with Crippen molar-refractivity contribution in [2.75, 3.05) is 5.32 Å². The molecule has 130 valence electrons. The smallest absolute Gasteiger partial charge is 0.337 e. The number of hydrogen-bond acceptors (Lipinski definition) is 2. The lowest BCUT2D eigenvalue weighted by molar-refractivity contribution is -0.111. The highest BCUT2D eigenvalue weighted by Crippen LogP contribution is 2.29. The van der Waals surface area contributed by atoms with E-state index in [0.717, 1.165) is 5.56 Å². The summed E-state index contributed by atoms with van der Waals surface area (Å²) in [5, 5.41) is 11.8. The summed E-state index contributed by atoms with van der Waals surface area (Å²) >= 11 is 11.8. The van der Waals surface area contributed by atoms with E-state index in [1.165, 1.54) is 23.8 Å². The van der Waals surface area contributed by atoms with Crippen molar-refractivity contribution in [3.8, 4) is 0 Å². The molecule has 2 aromatic carbocycles. The van der Waals surface area contributed by atoms with Gasteiger partial charge in [-0.2, -0.15) is 0 Å². The number of nitrogens with one attached hydrogen (secondary N) is 1. The van der Waals surface area contributed by atoms with Crippen LogP contribution in [-0.2, 0) is 4.79 Å². The lowest BCUT2D eigenvalue weighted by atomic mass is 10.0. The number of halogens is 2. The standard InChI is InChI=1S/C19H17Cl2NO3/c1-11(2)13-6-3-12(4-7-13)5-8-18(23)22-17-9-14(19(24)25)15(20)10-16(17)21/h3-11H,1-2H3,(H,22,23)(H,24,25)/b8-5+. The normalized spacial score (nSPS) is 11.1. The molecule has 0 aliphatic rings. The zero-order valence-electron chi connectivity index (χ0n) is 13.7. The maximum Gasteiger partial charge on any atom is 0.337 e. The Labute approximate surface area is 156 Å². The van der Waals surface area contributed by atoms with E-state index in [-0.39, 0.29) is 21.3 Å². The zero-order chi connectivity index (χ0) is 18.6. The van der Waals surface area contributed by atoms with Crippen molar-refractivity contribution < 1.29 is 14.7 Å². The summed E-state index contributed by atoms with van der Waals surface area (Å²) < 4.78 is 0. The summed E-state index contributed by atoms with van der Waals surface area (Å²) in [6, 6.07) is 10.4. The summed E-state index contributed by atoms with van der Waals surface area (Å²) in [6.07, 6.45) is 3.02. The van der Waals surface area contributed by atoms with Crippen molar-refractivity contribution in [3.05, 3.63) is 69.2 Å². The molecule has 25 heavy (non-hydrogen) atoms. The van der Waals surface area contributed by atoms with Crippen LogP contribution in [0.25, 0.3) is 6.08 Å². The van der Waals surface area contributed by atoms with E-state index in [9.17, 15) is 9.59 Å². The maximum absolute atomic E-state index is 12.0. The number of amides is 1. The summed E-state index contributed by atoms with van der Waals surface area (Å²) in [5.41, 5.74) is 2.16. The second kappa shape index (κ2) is 8.19. The molecule has 0 fully saturated rings. The molecule has 2 rings (SSSR count). The summed E-state index contributed by atoms with van der Waals surface area (Å²) in [5.74, 6) is -1.18. The van der Waals surface area contributed by atoms with Crippen molar-refractivity contribution in [2.24, 2.45) is 0 Å². The minimum absolute atomic E-state index is 0.0104. The predicted octanol–water partition coefficient (Wildman–Crippen LogP) is 5.47. The Morgan fingerprint density at radius 1 is 1.08 bits per heavy atom. The molecule has 0 saturated carbocycles. The highest BCUT2D eigenvalue weighted by molar-refractivity contribution is 6.38. The van der Waals surface area contributed by atoms with Crippen molar-refractivity contribution in [1.82, 2.24) is 0 Å². The number of carboxylic acids is 1. The molecule has 2 aromatic rings. The van der Waals surface area contributed by atoms with Gasteiger partial charge in [0.25, 0.3) is 0 Å². The monoisotopic (exact) mass is 377 g/mol. The number of aromatic carboxylic acids is 1. The van der Waals surface area contributed by atoms with Crippen LogP contribution in [0.2, 0.25) is 10.0 Å². The predicted molar refractivity (Wildman–Crippen MR) is 102 cm³/mol. The lowest BCUT2D eigenvalue weighted by Crippen LogP contribution is -2.09. The topological polar surface area (TPSA) is 66.4 Å². The third kappa shape index (κ3) is 5.08. The van der Waals surface area contributed by atoms with Crippen molar-refractivity contribution in [3.63, 3.8) is 0 Å². The van der Waals surface area contributed by atoms with E-state index >= 15 is 0 Å². The van der Waals surface area contributed by atoms with E-state index < -0.39 is 11.9 Å². The molecule has 0 aliphatic carbocycles. The van der Waals surface area contributed by atoms with Crippen LogP contribution >= 0.6 is 23.2 Å². The first-order valence-corrected chi connectivity index (χ1v) is 8.35. The molecule has 2 N–H and O–H groups in total. The first-order chi connectivity index (χ1) is 11.8. The Bertz CT molecular complexity index is 827. The van der Waals surface area contributed by atoms with Crippen LogP contribution in [0.4, 0.5) is 5.69 Å². The second-order valence-corrected chi connectivity index (χ2v) is 6.58. The van der Waals surface area contributed by atoms with Gasteiger partial charge >= 0.3 is 5.97 Å². The highest BCUT2D eigenvalue weighted by atomic mass is 35.5. The quantitative estimate of drug-likeness (QED) is 0.679. The lowest BCUT2D eigenvalue weighted by Gasteiger charge is -2.08. The Kier molecular flexibility index (Phi) is 6.23. The summed E-state index contributed by atoms with van der Waals surface area (Å²) in [6.45, 7) is 4.22.